The zero-order valence-electron chi connectivity index (χ0n) is 10.5. The third-order valence-electron chi connectivity index (χ3n) is 3.06. The minimum Gasteiger partial charge on any atom is -0.372 e. The van der Waals surface area contributed by atoms with E-state index in [4.69, 9.17) is 0 Å². The molecule has 21 heavy (non-hydrogen) atoms. The summed E-state index contributed by atoms with van der Waals surface area (Å²) in [6, 6.07) is 11.3. The fourth-order valence-electron chi connectivity index (χ4n) is 2.21. The fourth-order valence-corrected chi connectivity index (χ4v) is 2.77. The van der Waals surface area contributed by atoms with Crippen LogP contribution in [0, 0.1) is 0 Å². The Morgan fingerprint density at radius 2 is 1.71 bits per heavy atom. The van der Waals surface area contributed by atoms with Gasteiger partial charge >= 0.3 is 11.4 Å². The molecule has 0 saturated carbocycles. The maximum atomic E-state index is 11.9. The molecule has 3 rings (SSSR count). The molecule has 2 aromatic carbocycles. The highest BCUT2D eigenvalue weighted by molar-refractivity contribution is 7.79. The maximum Gasteiger partial charge on any atom is 0.419 e. The van der Waals surface area contributed by atoms with E-state index >= 15 is 0 Å². The largest absolute Gasteiger partial charge is 0.419 e. The number of H-pyrrole nitrogens is 1. The van der Waals surface area contributed by atoms with Gasteiger partial charge < -0.3 is 8.97 Å². The van der Waals surface area contributed by atoms with E-state index in [1.165, 1.54) is 6.07 Å². The zero-order chi connectivity index (χ0) is 15.0. The van der Waals surface area contributed by atoms with Gasteiger partial charge in [-0.3, -0.25) is 4.98 Å². The summed E-state index contributed by atoms with van der Waals surface area (Å²) in [6.45, 7) is 0. The smallest absolute Gasteiger partial charge is 0.372 e. The number of rotatable bonds is 2. The van der Waals surface area contributed by atoms with Gasteiger partial charge in [-0.25, -0.2) is 13.8 Å². The molecule has 0 aliphatic rings. The van der Waals surface area contributed by atoms with E-state index < -0.39 is 22.5 Å². The highest BCUT2D eigenvalue weighted by Gasteiger charge is 2.15. The van der Waals surface area contributed by atoms with Crippen LogP contribution in [0.4, 0.5) is 0 Å². The highest BCUT2D eigenvalue weighted by atomic mass is 32.2. The Morgan fingerprint density at radius 3 is 2.48 bits per heavy atom. The molecule has 0 aliphatic heterocycles. The molecule has 2 N–H and O–H groups in total. The first-order valence-corrected chi connectivity index (χ1v) is 7.05. The van der Waals surface area contributed by atoms with E-state index in [1.807, 2.05) is 0 Å². The first-order chi connectivity index (χ1) is 10.1. The van der Waals surface area contributed by atoms with Gasteiger partial charge in [0.25, 0.3) is 0 Å². The Bertz CT molecular complexity index is 973. The van der Waals surface area contributed by atoms with Crippen LogP contribution in [0.5, 0.6) is 0 Å². The van der Waals surface area contributed by atoms with E-state index in [0.717, 1.165) is 0 Å². The van der Waals surface area contributed by atoms with Gasteiger partial charge in [0, 0.05) is 5.56 Å². The summed E-state index contributed by atoms with van der Waals surface area (Å²) in [5.74, 6) is -0.844. The van der Waals surface area contributed by atoms with Crippen molar-refractivity contribution in [2.24, 2.45) is 0 Å². The van der Waals surface area contributed by atoms with Crippen LogP contribution in [0.25, 0.3) is 22.0 Å². The van der Waals surface area contributed by atoms with E-state index in [-0.39, 0.29) is 10.3 Å². The van der Waals surface area contributed by atoms with Crippen molar-refractivity contribution < 1.29 is 13.2 Å². The van der Waals surface area contributed by atoms with Crippen molar-refractivity contribution in [1.82, 2.24) is 4.98 Å². The lowest BCUT2D eigenvalue weighted by molar-refractivity contribution is 0.460. The molecule has 0 spiro atoms. The molecule has 0 aliphatic carbocycles. The summed E-state index contributed by atoms with van der Waals surface area (Å²) in [5.41, 5.74) is 0.383. The van der Waals surface area contributed by atoms with Gasteiger partial charge in [0.05, 0.1) is 15.8 Å². The summed E-state index contributed by atoms with van der Waals surface area (Å²) >= 11 is -2.20. The number of hydrogen-bond donors (Lipinski definition) is 2. The topological polar surface area (TPSA) is 100 Å². The van der Waals surface area contributed by atoms with Gasteiger partial charge in [0.15, 0.2) is 11.1 Å². The molecule has 0 radical (unpaired) electrons. The second-order valence-corrected chi connectivity index (χ2v) is 5.21. The van der Waals surface area contributed by atoms with Crippen LogP contribution in [0.2, 0.25) is 0 Å². The van der Waals surface area contributed by atoms with Gasteiger partial charge in [-0.1, -0.05) is 30.3 Å². The van der Waals surface area contributed by atoms with Crippen molar-refractivity contribution in [3.05, 3.63) is 63.4 Å². The van der Waals surface area contributed by atoms with Crippen molar-refractivity contribution in [1.29, 1.82) is 0 Å². The van der Waals surface area contributed by atoms with E-state index in [2.05, 4.69) is 9.40 Å². The zero-order valence-corrected chi connectivity index (χ0v) is 11.3. The predicted octanol–water partition coefficient (Wildman–Crippen LogP) is 1.73. The molecule has 0 fully saturated rings. The lowest BCUT2D eigenvalue weighted by atomic mass is 10.0. The Balaban J connectivity index is 2.45. The minimum atomic E-state index is -2.20. The number of aromatic amines is 1. The van der Waals surface area contributed by atoms with Gasteiger partial charge in [0.2, 0.25) is 0 Å². The molecular weight excluding hydrogens is 294 g/mol. The van der Waals surface area contributed by atoms with Crippen LogP contribution < -0.4 is 11.4 Å². The second kappa shape index (κ2) is 5.12. The summed E-state index contributed by atoms with van der Waals surface area (Å²) in [7, 11) is 0. The highest BCUT2D eigenvalue weighted by Crippen LogP contribution is 2.29. The molecule has 106 valence electrons. The summed E-state index contributed by atoms with van der Waals surface area (Å²) in [4.78, 5) is 25.8. The molecule has 1 unspecified atom stereocenters. The average molecular weight is 303 g/mol. The van der Waals surface area contributed by atoms with Crippen LogP contribution in [-0.4, -0.2) is 13.7 Å². The molecule has 0 amide bonds. The molecular formula is C14H9NO5S. The van der Waals surface area contributed by atoms with Gasteiger partial charge in [-0.05, 0) is 17.7 Å². The summed E-state index contributed by atoms with van der Waals surface area (Å²) in [5, 5.41) is 0.162. The minimum absolute atomic E-state index is 0.162. The van der Waals surface area contributed by atoms with Crippen molar-refractivity contribution in [3.8, 4) is 11.1 Å². The Morgan fingerprint density at radius 1 is 1.00 bits per heavy atom. The first kappa shape index (κ1) is 13.5. The lowest BCUT2D eigenvalue weighted by Crippen LogP contribution is -2.15. The Labute approximate surface area is 120 Å². The van der Waals surface area contributed by atoms with Crippen LogP contribution in [0.15, 0.2) is 61.4 Å². The standard InChI is InChI=1S/C14H9NO5S/c16-13-12-9(5-3-6-10(12)15-14(17)20-13)8-4-1-2-7-11(8)21(18)19/h1-7H,(H,15,17)(H,18,19). The molecule has 1 atom stereocenters. The summed E-state index contributed by atoms with van der Waals surface area (Å²) in [6.07, 6.45) is 0. The quantitative estimate of drug-likeness (QED) is 0.702. The lowest BCUT2D eigenvalue weighted by Gasteiger charge is -2.08. The Kier molecular flexibility index (Phi) is 3.28. The van der Waals surface area contributed by atoms with Gasteiger partial charge in [-0.2, -0.15) is 0 Å². The third kappa shape index (κ3) is 2.32. The number of fused-ring (bicyclic) bond motifs is 1. The van der Waals surface area contributed by atoms with Gasteiger partial charge in [0.1, 0.15) is 0 Å². The molecule has 7 heteroatoms. The van der Waals surface area contributed by atoms with Gasteiger partial charge in [-0.15, -0.1) is 0 Å². The van der Waals surface area contributed by atoms with Crippen molar-refractivity contribution >= 4 is 22.0 Å². The van der Waals surface area contributed by atoms with Crippen molar-refractivity contribution in [2.45, 2.75) is 4.90 Å². The van der Waals surface area contributed by atoms with Crippen LogP contribution >= 0.6 is 0 Å². The average Bonchev–Trinajstić information content (AvgIpc) is 2.46. The van der Waals surface area contributed by atoms with Crippen LogP contribution in [0.1, 0.15) is 0 Å². The molecule has 1 heterocycles. The molecule has 6 nitrogen and oxygen atoms in total. The normalized spacial score (nSPS) is 12.4. The molecule has 3 aromatic rings. The third-order valence-corrected chi connectivity index (χ3v) is 3.79. The first-order valence-electron chi connectivity index (χ1n) is 5.94. The van der Waals surface area contributed by atoms with Crippen LogP contribution in [0.3, 0.4) is 0 Å². The molecule has 1 aromatic heterocycles. The SMILES string of the molecule is O=c1[nH]c2cccc(-c3ccccc3S(=O)O)c2c(=O)o1. The molecule has 0 bridgehead atoms. The van der Waals surface area contributed by atoms with Crippen molar-refractivity contribution in [3.63, 3.8) is 0 Å². The number of aromatic nitrogens is 1. The van der Waals surface area contributed by atoms with Crippen molar-refractivity contribution in [2.75, 3.05) is 0 Å². The van der Waals surface area contributed by atoms with Crippen LogP contribution in [-0.2, 0) is 11.1 Å². The number of nitrogens with one attached hydrogen (secondary N) is 1. The van der Waals surface area contributed by atoms with E-state index in [9.17, 15) is 18.4 Å². The predicted molar refractivity (Wildman–Crippen MR) is 77.6 cm³/mol. The number of benzene rings is 2. The second-order valence-electron chi connectivity index (χ2n) is 4.28. The number of hydrogen-bond acceptors (Lipinski definition) is 4. The van der Waals surface area contributed by atoms with E-state index in [0.29, 0.717) is 16.6 Å². The van der Waals surface area contributed by atoms with E-state index in [1.54, 1.807) is 36.4 Å². The summed E-state index contributed by atoms with van der Waals surface area (Å²) < 4.78 is 25.3. The Hall–Kier alpha value is -2.51. The molecule has 0 saturated heterocycles. The maximum absolute atomic E-state index is 11.9. The fraction of sp³-hybridized carbons (Fsp3) is 0. The monoisotopic (exact) mass is 303 g/mol.